The maximum absolute atomic E-state index is 12.6. The fraction of sp³-hybridized carbons (Fsp3) is 0.294. The lowest BCUT2D eigenvalue weighted by molar-refractivity contribution is 0.0729. The van der Waals surface area contributed by atoms with E-state index in [2.05, 4.69) is 20.9 Å². The second-order valence-corrected chi connectivity index (χ2v) is 6.81. The van der Waals surface area contributed by atoms with Crippen molar-refractivity contribution in [3.05, 3.63) is 56.7 Å². The van der Waals surface area contributed by atoms with Gasteiger partial charge in [-0.1, -0.05) is 36.2 Å². The quantitative estimate of drug-likeness (QED) is 0.613. The molecule has 2 rings (SSSR count). The molecule has 0 spiro atoms. The summed E-state index contributed by atoms with van der Waals surface area (Å²) in [4.78, 5) is 18.4. The zero-order valence-corrected chi connectivity index (χ0v) is 16.2. The summed E-state index contributed by atoms with van der Waals surface area (Å²) in [6, 6.07) is 6.93. The van der Waals surface area contributed by atoms with E-state index in [0.29, 0.717) is 41.1 Å². The molecule has 0 unspecified atom stereocenters. The number of hydrogen-bond acceptors (Lipinski definition) is 3. The van der Waals surface area contributed by atoms with Crippen LogP contribution in [0, 0.1) is 0 Å². The minimum Gasteiger partial charge on any atom is -0.489 e. The molecule has 0 aliphatic rings. The van der Waals surface area contributed by atoms with E-state index in [-0.39, 0.29) is 5.91 Å². The van der Waals surface area contributed by atoms with Gasteiger partial charge in [0, 0.05) is 23.4 Å². The monoisotopic (exact) mass is 430 g/mol. The summed E-state index contributed by atoms with van der Waals surface area (Å²) < 4.78 is 6.44. The van der Waals surface area contributed by atoms with Gasteiger partial charge in [-0.25, -0.2) is 0 Å². The highest BCUT2D eigenvalue weighted by molar-refractivity contribution is 9.10. The fourth-order valence-electron chi connectivity index (χ4n) is 2.17. The topological polar surface area (TPSA) is 42.4 Å². The number of aromatic nitrogens is 1. The van der Waals surface area contributed by atoms with Gasteiger partial charge in [-0.3, -0.25) is 9.78 Å². The Balaban J connectivity index is 2.02. The standard InChI is InChI=1S/C17H17BrCl2N2O2/c1-2-6-22(17(23)12-9-13(18)11-21-10-12)7-8-24-16-14(19)4-3-5-15(16)20/h3-5,9-11H,2,6-8H2,1H3. The molecule has 4 nitrogen and oxygen atoms in total. The van der Waals surface area contributed by atoms with Crippen LogP contribution in [0.25, 0.3) is 0 Å². The second kappa shape index (κ2) is 9.25. The third-order valence-electron chi connectivity index (χ3n) is 3.26. The fourth-order valence-corrected chi connectivity index (χ4v) is 3.05. The SMILES string of the molecule is CCCN(CCOc1c(Cl)cccc1Cl)C(=O)c1cncc(Br)c1. The summed E-state index contributed by atoms with van der Waals surface area (Å²) in [6.45, 7) is 3.38. The number of halogens is 3. The van der Waals surface area contributed by atoms with Gasteiger partial charge in [0.05, 0.1) is 22.2 Å². The van der Waals surface area contributed by atoms with Crippen molar-refractivity contribution in [1.82, 2.24) is 9.88 Å². The van der Waals surface area contributed by atoms with E-state index in [1.54, 1.807) is 41.6 Å². The normalized spacial score (nSPS) is 10.5. The first-order chi connectivity index (χ1) is 11.5. The van der Waals surface area contributed by atoms with Crippen molar-refractivity contribution in [3.8, 4) is 5.75 Å². The summed E-state index contributed by atoms with van der Waals surface area (Å²) in [5.41, 5.74) is 0.536. The first-order valence-corrected chi connectivity index (χ1v) is 9.04. The van der Waals surface area contributed by atoms with E-state index in [1.807, 2.05) is 6.92 Å². The number of amides is 1. The van der Waals surface area contributed by atoms with E-state index in [1.165, 1.54) is 0 Å². The Morgan fingerprint density at radius 1 is 1.25 bits per heavy atom. The molecule has 2 aromatic rings. The van der Waals surface area contributed by atoms with Crippen molar-refractivity contribution in [2.75, 3.05) is 19.7 Å². The van der Waals surface area contributed by atoms with Gasteiger partial charge in [-0.05, 0) is 40.5 Å². The van der Waals surface area contributed by atoms with Crippen LogP contribution in [0.1, 0.15) is 23.7 Å². The number of nitrogens with zero attached hydrogens (tertiary/aromatic N) is 2. The number of rotatable bonds is 7. The maximum Gasteiger partial charge on any atom is 0.255 e. The molecule has 1 aromatic heterocycles. The van der Waals surface area contributed by atoms with Crippen molar-refractivity contribution in [3.63, 3.8) is 0 Å². The zero-order valence-electron chi connectivity index (χ0n) is 13.1. The molecular weight excluding hydrogens is 415 g/mol. The van der Waals surface area contributed by atoms with E-state index in [9.17, 15) is 4.79 Å². The Hall–Kier alpha value is -1.30. The van der Waals surface area contributed by atoms with Gasteiger partial charge in [-0.15, -0.1) is 0 Å². The molecule has 0 bridgehead atoms. The number of pyridine rings is 1. The van der Waals surface area contributed by atoms with Crippen LogP contribution in [0.15, 0.2) is 41.1 Å². The first kappa shape index (κ1) is 19.0. The predicted molar refractivity (Wildman–Crippen MR) is 100 cm³/mol. The highest BCUT2D eigenvalue weighted by Crippen LogP contribution is 2.32. The molecule has 0 radical (unpaired) electrons. The summed E-state index contributed by atoms with van der Waals surface area (Å²) in [5.74, 6) is 0.355. The average molecular weight is 432 g/mol. The van der Waals surface area contributed by atoms with Crippen LogP contribution < -0.4 is 4.74 Å². The number of para-hydroxylation sites is 1. The number of benzene rings is 1. The smallest absolute Gasteiger partial charge is 0.255 e. The molecule has 1 heterocycles. The van der Waals surface area contributed by atoms with Gasteiger partial charge >= 0.3 is 0 Å². The number of carbonyl (C=O) groups is 1. The zero-order chi connectivity index (χ0) is 17.5. The van der Waals surface area contributed by atoms with Crippen LogP contribution in [0.4, 0.5) is 0 Å². The molecule has 1 amide bonds. The summed E-state index contributed by atoms with van der Waals surface area (Å²) >= 11 is 15.5. The highest BCUT2D eigenvalue weighted by atomic mass is 79.9. The molecule has 24 heavy (non-hydrogen) atoms. The Morgan fingerprint density at radius 3 is 2.58 bits per heavy atom. The molecular formula is C17H17BrCl2N2O2. The molecule has 0 aliphatic heterocycles. The van der Waals surface area contributed by atoms with Gasteiger partial charge in [0.2, 0.25) is 0 Å². The van der Waals surface area contributed by atoms with Gasteiger partial charge in [0.15, 0.2) is 5.75 Å². The Kier molecular flexibility index (Phi) is 7.34. The molecule has 0 atom stereocenters. The number of carbonyl (C=O) groups excluding carboxylic acids is 1. The third kappa shape index (κ3) is 5.10. The Bertz CT molecular complexity index is 692. The predicted octanol–water partition coefficient (Wildman–Crippen LogP) is 5.08. The average Bonchev–Trinajstić information content (AvgIpc) is 2.56. The van der Waals surface area contributed by atoms with E-state index in [4.69, 9.17) is 27.9 Å². The van der Waals surface area contributed by atoms with E-state index < -0.39 is 0 Å². The number of ether oxygens (including phenoxy) is 1. The van der Waals surface area contributed by atoms with E-state index >= 15 is 0 Å². The molecule has 1 aromatic carbocycles. The Morgan fingerprint density at radius 2 is 1.96 bits per heavy atom. The second-order valence-electron chi connectivity index (χ2n) is 5.08. The third-order valence-corrected chi connectivity index (χ3v) is 4.29. The number of hydrogen-bond donors (Lipinski definition) is 0. The lowest BCUT2D eigenvalue weighted by Crippen LogP contribution is -2.35. The molecule has 128 valence electrons. The lowest BCUT2D eigenvalue weighted by atomic mass is 10.2. The van der Waals surface area contributed by atoms with Crippen LogP contribution in [-0.2, 0) is 0 Å². The summed E-state index contributed by atoms with van der Waals surface area (Å²) in [7, 11) is 0. The first-order valence-electron chi connectivity index (χ1n) is 7.49. The van der Waals surface area contributed by atoms with Crippen molar-refractivity contribution in [2.24, 2.45) is 0 Å². The van der Waals surface area contributed by atoms with Gasteiger partial charge in [-0.2, -0.15) is 0 Å². The van der Waals surface area contributed by atoms with Crippen LogP contribution >= 0.6 is 39.1 Å². The van der Waals surface area contributed by atoms with Crippen molar-refractivity contribution in [1.29, 1.82) is 0 Å². The van der Waals surface area contributed by atoms with E-state index in [0.717, 1.165) is 10.9 Å². The minimum atomic E-state index is -0.0838. The van der Waals surface area contributed by atoms with Crippen molar-refractivity contribution in [2.45, 2.75) is 13.3 Å². The van der Waals surface area contributed by atoms with Gasteiger partial charge in [0.25, 0.3) is 5.91 Å². The minimum absolute atomic E-state index is 0.0838. The van der Waals surface area contributed by atoms with Crippen molar-refractivity contribution >= 4 is 45.0 Å². The molecule has 0 saturated carbocycles. The maximum atomic E-state index is 12.6. The van der Waals surface area contributed by atoms with Crippen molar-refractivity contribution < 1.29 is 9.53 Å². The lowest BCUT2D eigenvalue weighted by Gasteiger charge is -2.22. The largest absolute Gasteiger partial charge is 0.489 e. The van der Waals surface area contributed by atoms with Gasteiger partial charge < -0.3 is 9.64 Å². The molecule has 7 heteroatoms. The van der Waals surface area contributed by atoms with Crippen LogP contribution in [0.2, 0.25) is 10.0 Å². The molecule has 0 aliphatic carbocycles. The Labute approximate surface area is 159 Å². The highest BCUT2D eigenvalue weighted by Gasteiger charge is 2.16. The molecule has 0 fully saturated rings. The van der Waals surface area contributed by atoms with Crippen LogP contribution in [0.3, 0.4) is 0 Å². The summed E-state index contributed by atoms with van der Waals surface area (Å²) in [5, 5.41) is 0.902. The van der Waals surface area contributed by atoms with Crippen LogP contribution in [0.5, 0.6) is 5.75 Å². The van der Waals surface area contributed by atoms with Crippen LogP contribution in [-0.4, -0.2) is 35.5 Å². The van der Waals surface area contributed by atoms with Gasteiger partial charge in [0.1, 0.15) is 6.61 Å². The summed E-state index contributed by atoms with van der Waals surface area (Å²) in [6.07, 6.45) is 4.05. The molecule has 0 N–H and O–H groups in total. The molecule has 0 saturated heterocycles.